The first-order valence-corrected chi connectivity index (χ1v) is 4.78. The van der Waals surface area contributed by atoms with E-state index in [2.05, 4.69) is 11.9 Å². The normalized spacial score (nSPS) is 22.6. The number of hydrogen-bond donors (Lipinski definition) is 1. The van der Waals surface area contributed by atoms with E-state index in [0.717, 1.165) is 26.1 Å². The molecule has 0 radical (unpaired) electrons. The SMILES string of the molecule is C=CCCC(=O)CC1CNCCO1. The lowest BCUT2D eigenvalue weighted by Gasteiger charge is -2.22. The van der Waals surface area contributed by atoms with E-state index in [1.165, 1.54) is 0 Å². The molecule has 3 nitrogen and oxygen atoms in total. The molecule has 0 bridgehead atoms. The van der Waals surface area contributed by atoms with Crippen molar-refractivity contribution in [1.29, 1.82) is 0 Å². The molecule has 0 aliphatic carbocycles. The van der Waals surface area contributed by atoms with Gasteiger partial charge >= 0.3 is 0 Å². The molecule has 1 N–H and O–H groups in total. The van der Waals surface area contributed by atoms with Gasteiger partial charge in [0.25, 0.3) is 0 Å². The number of nitrogens with one attached hydrogen (secondary N) is 1. The molecule has 1 aliphatic heterocycles. The third-order valence-electron chi connectivity index (χ3n) is 2.09. The average Bonchev–Trinajstić information content (AvgIpc) is 2.16. The molecule has 1 saturated heterocycles. The van der Waals surface area contributed by atoms with E-state index in [-0.39, 0.29) is 11.9 Å². The molecular formula is C10H17NO2. The van der Waals surface area contributed by atoms with Crippen LogP contribution >= 0.6 is 0 Å². The molecule has 0 aromatic heterocycles. The average molecular weight is 183 g/mol. The summed E-state index contributed by atoms with van der Waals surface area (Å²) in [4.78, 5) is 11.3. The summed E-state index contributed by atoms with van der Waals surface area (Å²) in [6, 6.07) is 0. The van der Waals surface area contributed by atoms with Gasteiger partial charge in [-0.25, -0.2) is 0 Å². The van der Waals surface area contributed by atoms with E-state index in [1.54, 1.807) is 6.08 Å². The monoisotopic (exact) mass is 183 g/mol. The number of hydrogen-bond acceptors (Lipinski definition) is 3. The second kappa shape index (κ2) is 5.89. The minimum atomic E-state index is 0.0889. The maximum absolute atomic E-state index is 11.3. The minimum Gasteiger partial charge on any atom is -0.375 e. The van der Waals surface area contributed by atoms with Crippen LogP contribution < -0.4 is 5.32 Å². The first kappa shape index (κ1) is 10.4. The Morgan fingerprint density at radius 2 is 2.54 bits per heavy atom. The van der Waals surface area contributed by atoms with Gasteiger partial charge in [-0.2, -0.15) is 0 Å². The zero-order valence-electron chi connectivity index (χ0n) is 7.92. The number of ether oxygens (including phenoxy) is 1. The van der Waals surface area contributed by atoms with Crippen LogP contribution in [-0.4, -0.2) is 31.6 Å². The molecule has 1 aliphatic rings. The highest BCUT2D eigenvalue weighted by Crippen LogP contribution is 2.05. The van der Waals surface area contributed by atoms with Gasteiger partial charge < -0.3 is 10.1 Å². The predicted octanol–water partition coefficient (Wildman–Crippen LogP) is 0.900. The van der Waals surface area contributed by atoms with Gasteiger partial charge in [-0.05, 0) is 6.42 Å². The Kier molecular flexibility index (Phi) is 4.72. The van der Waals surface area contributed by atoms with Crippen LogP contribution in [0.2, 0.25) is 0 Å². The largest absolute Gasteiger partial charge is 0.375 e. The van der Waals surface area contributed by atoms with Crippen LogP contribution in [-0.2, 0) is 9.53 Å². The smallest absolute Gasteiger partial charge is 0.135 e. The van der Waals surface area contributed by atoms with E-state index in [1.807, 2.05) is 0 Å². The maximum atomic E-state index is 11.3. The van der Waals surface area contributed by atoms with Crippen molar-refractivity contribution in [3.05, 3.63) is 12.7 Å². The lowest BCUT2D eigenvalue weighted by atomic mass is 10.1. The summed E-state index contributed by atoms with van der Waals surface area (Å²) in [6.45, 7) is 6.01. The van der Waals surface area contributed by atoms with E-state index < -0.39 is 0 Å². The Labute approximate surface area is 79.2 Å². The summed E-state index contributed by atoms with van der Waals surface area (Å²) < 4.78 is 5.42. The summed E-state index contributed by atoms with van der Waals surface area (Å²) >= 11 is 0. The molecule has 3 heteroatoms. The Morgan fingerprint density at radius 3 is 3.15 bits per heavy atom. The van der Waals surface area contributed by atoms with Crippen molar-refractivity contribution < 1.29 is 9.53 Å². The van der Waals surface area contributed by atoms with Crippen LogP contribution in [0.25, 0.3) is 0 Å². The number of carbonyl (C=O) groups excluding carboxylic acids is 1. The van der Waals surface area contributed by atoms with Crippen molar-refractivity contribution in [2.75, 3.05) is 19.7 Å². The molecule has 1 fully saturated rings. The molecule has 1 rings (SSSR count). The maximum Gasteiger partial charge on any atom is 0.135 e. The van der Waals surface area contributed by atoms with Crippen LogP contribution in [0.5, 0.6) is 0 Å². The van der Waals surface area contributed by atoms with Crippen LogP contribution in [0.4, 0.5) is 0 Å². The van der Waals surface area contributed by atoms with E-state index in [9.17, 15) is 4.79 Å². The lowest BCUT2D eigenvalue weighted by molar-refractivity contribution is -0.122. The standard InChI is InChI=1S/C10H17NO2/c1-2-3-4-9(12)7-10-8-11-5-6-13-10/h2,10-11H,1,3-8H2. The van der Waals surface area contributed by atoms with Gasteiger partial charge in [0.2, 0.25) is 0 Å². The zero-order valence-corrected chi connectivity index (χ0v) is 7.92. The van der Waals surface area contributed by atoms with Gasteiger partial charge in [0.05, 0.1) is 12.7 Å². The zero-order chi connectivity index (χ0) is 9.52. The van der Waals surface area contributed by atoms with Crippen LogP contribution in [0, 0.1) is 0 Å². The number of Topliss-reactive ketones (excluding diaryl/α,β-unsaturated/α-hetero) is 1. The molecule has 13 heavy (non-hydrogen) atoms. The van der Waals surface area contributed by atoms with Crippen molar-refractivity contribution in [2.24, 2.45) is 0 Å². The van der Waals surface area contributed by atoms with E-state index in [0.29, 0.717) is 12.8 Å². The Bertz CT molecular complexity index is 174. The minimum absolute atomic E-state index is 0.0889. The van der Waals surface area contributed by atoms with Crippen molar-refractivity contribution in [2.45, 2.75) is 25.4 Å². The number of allylic oxidation sites excluding steroid dienone is 1. The fourth-order valence-corrected chi connectivity index (χ4v) is 1.37. The highest BCUT2D eigenvalue weighted by molar-refractivity contribution is 5.79. The van der Waals surface area contributed by atoms with Gasteiger partial charge in [-0.15, -0.1) is 6.58 Å². The Morgan fingerprint density at radius 1 is 1.69 bits per heavy atom. The fraction of sp³-hybridized carbons (Fsp3) is 0.700. The van der Waals surface area contributed by atoms with Crippen molar-refractivity contribution in [1.82, 2.24) is 5.32 Å². The first-order valence-electron chi connectivity index (χ1n) is 4.78. The molecule has 74 valence electrons. The molecule has 0 aromatic carbocycles. The van der Waals surface area contributed by atoms with Crippen LogP contribution in [0.15, 0.2) is 12.7 Å². The third-order valence-corrected chi connectivity index (χ3v) is 2.09. The highest BCUT2D eigenvalue weighted by atomic mass is 16.5. The molecule has 0 saturated carbocycles. The van der Waals surface area contributed by atoms with Crippen molar-refractivity contribution in [3.8, 4) is 0 Å². The molecule has 0 spiro atoms. The summed E-state index contributed by atoms with van der Waals surface area (Å²) in [7, 11) is 0. The van der Waals surface area contributed by atoms with E-state index >= 15 is 0 Å². The number of rotatable bonds is 5. The summed E-state index contributed by atoms with van der Waals surface area (Å²) in [5.41, 5.74) is 0. The van der Waals surface area contributed by atoms with Gasteiger partial charge in [-0.1, -0.05) is 6.08 Å². The third kappa shape index (κ3) is 4.20. The van der Waals surface area contributed by atoms with Crippen LogP contribution in [0.1, 0.15) is 19.3 Å². The first-order chi connectivity index (χ1) is 6.33. The second-order valence-electron chi connectivity index (χ2n) is 3.27. The van der Waals surface area contributed by atoms with E-state index in [4.69, 9.17) is 4.74 Å². The second-order valence-corrected chi connectivity index (χ2v) is 3.27. The van der Waals surface area contributed by atoms with Crippen LogP contribution in [0.3, 0.4) is 0 Å². The summed E-state index contributed by atoms with van der Waals surface area (Å²) in [5, 5.41) is 3.20. The van der Waals surface area contributed by atoms with Gasteiger partial charge in [0.1, 0.15) is 5.78 Å². The Hall–Kier alpha value is -0.670. The Balaban J connectivity index is 2.14. The molecular weight excluding hydrogens is 166 g/mol. The summed E-state index contributed by atoms with van der Waals surface area (Å²) in [6.07, 6.45) is 3.78. The quantitative estimate of drug-likeness (QED) is 0.644. The van der Waals surface area contributed by atoms with Gasteiger partial charge in [-0.3, -0.25) is 4.79 Å². The summed E-state index contributed by atoms with van der Waals surface area (Å²) in [5.74, 6) is 0.272. The van der Waals surface area contributed by atoms with Crippen molar-refractivity contribution in [3.63, 3.8) is 0 Å². The fourth-order valence-electron chi connectivity index (χ4n) is 1.37. The van der Waals surface area contributed by atoms with Gasteiger partial charge in [0.15, 0.2) is 0 Å². The highest BCUT2D eigenvalue weighted by Gasteiger charge is 2.16. The molecule has 1 unspecified atom stereocenters. The molecule has 0 amide bonds. The predicted molar refractivity (Wildman–Crippen MR) is 51.7 cm³/mol. The topological polar surface area (TPSA) is 38.3 Å². The number of morpholine rings is 1. The molecule has 0 aromatic rings. The lowest BCUT2D eigenvalue weighted by Crippen LogP contribution is -2.39. The number of ketones is 1. The number of carbonyl (C=O) groups is 1. The molecule has 1 atom stereocenters. The molecule has 1 heterocycles. The van der Waals surface area contributed by atoms with Crippen molar-refractivity contribution >= 4 is 5.78 Å². The van der Waals surface area contributed by atoms with Gasteiger partial charge in [0, 0.05) is 25.9 Å².